The van der Waals surface area contributed by atoms with E-state index in [0.717, 1.165) is 11.8 Å². The molecule has 0 aliphatic rings. The molecule has 0 saturated carbocycles. The lowest BCUT2D eigenvalue weighted by atomic mass is 10.4. The fourth-order valence-electron chi connectivity index (χ4n) is 1.17. The van der Waals surface area contributed by atoms with Crippen LogP contribution in [-0.2, 0) is 0 Å². The zero-order chi connectivity index (χ0) is 13.3. The van der Waals surface area contributed by atoms with Gasteiger partial charge in [0.2, 0.25) is 0 Å². The van der Waals surface area contributed by atoms with E-state index in [-0.39, 0.29) is 11.0 Å². The number of aliphatic hydroxyl groups is 1. The van der Waals surface area contributed by atoms with Gasteiger partial charge in [-0.3, -0.25) is 0 Å². The van der Waals surface area contributed by atoms with Gasteiger partial charge >= 0.3 is 6.18 Å². The molecule has 0 fully saturated rings. The van der Waals surface area contributed by atoms with Crippen molar-refractivity contribution in [1.82, 2.24) is 9.97 Å². The van der Waals surface area contributed by atoms with Gasteiger partial charge in [-0.1, -0.05) is 11.8 Å². The first-order chi connectivity index (χ1) is 8.38. The second-order valence-corrected chi connectivity index (χ2v) is 5.28. The average Bonchev–Trinajstić information content (AvgIpc) is 2.73. The first-order valence-electron chi connectivity index (χ1n) is 4.76. The molecule has 0 saturated heterocycles. The van der Waals surface area contributed by atoms with Crippen molar-refractivity contribution >= 4 is 39.1 Å². The Hall–Kier alpha value is -1.06. The number of nitrogens with zero attached hydrogens (tertiary/aromatic N) is 2. The van der Waals surface area contributed by atoms with Crippen LogP contribution < -0.4 is 5.73 Å². The van der Waals surface area contributed by atoms with Crippen molar-refractivity contribution in [1.29, 1.82) is 0 Å². The number of nitrogens with two attached hydrogens (primary N) is 1. The molecule has 0 spiro atoms. The molecule has 2 rings (SSSR count). The summed E-state index contributed by atoms with van der Waals surface area (Å²) in [6.07, 6.45) is -7.03. The minimum absolute atomic E-state index is 0.130. The van der Waals surface area contributed by atoms with Gasteiger partial charge in [0.05, 0.1) is 5.39 Å². The van der Waals surface area contributed by atoms with E-state index < -0.39 is 18.0 Å². The summed E-state index contributed by atoms with van der Waals surface area (Å²) in [4.78, 5) is 8.56. The SMILES string of the molecule is Nc1nc(SCC(O)C(F)(F)F)nc2sccc12. The van der Waals surface area contributed by atoms with Gasteiger partial charge in [0.25, 0.3) is 0 Å². The van der Waals surface area contributed by atoms with Gasteiger partial charge < -0.3 is 10.8 Å². The number of thiophene rings is 1. The number of anilines is 1. The number of aliphatic hydroxyl groups excluding tert-OH is 1. The average molecular weight is 295 g/mol. The molecule has 18 heavy (non-hydrogen) atoms. The highest BCUT2D eigenvalue weighted by Crippen LogP contribution is 2.29. The first-order valence-corrected chi connectivity index (χ1v) is 6.63. The summed E-state index contributed by atoms with van der Waals surface area (Å²) >= 11 is 2.05. The molecule has 2 aromatic rings. The molecule has 1 unspecified atom stereocenters. The number of alkyl halides is 3. The zero-order valence-corrected chi connectivity index (χ0v) is 10.4. The second-order valence-electron chi connectivity index (χ2n) is 3.40. The maximum Gasteiger partial charge on any atom is 0.415 e. The molecular weight excluding hydrogens is 287 g/mol. The lowest BCUT2D eigenvalue weighted by molar-refractivity contribution is -0.195. The van der Waals surface area contributed by atoms with Crippen LogP contribution in [0.4, 0.5) is 19.0 Å². The molecule has 9 heteroatoms. The van der Waals surface area contributed by atoms with E-state index in [1.54, 1.807) is 11.4 Å². The fourth-order valence-corrected chi connectivity index (χ4v) is 2.81. The van der Waals surface area contributed by atoms with Gasteiger partial charge in [0.15, 0.2) is 11.3 Å². The standard InChI is InChI=1S/C9H8F3N3OS2/c10-9(11,12)5(16)3-18-8-14-6(13)4-1-2-17-7(4)15-8/h1-2,5,16H,3H2,(H2,13,14,15). The predicted octanol–water partition coefficient (Wildman–Crippen LogP) is 2.29. The Morgan fingerprint density at radius 3 is 2.83 bits per heavy atom. The van der Waals surface area contributed by atoms with Crippen LogP contribution in [0.3, 0.4) is 0 Å². The third-order valence-corrected chi connectivity index (χ3v) is 3.81. The number of fused-ring (bicyclic) bond motifs is 1. The van der Waals surface area contributed by atoms with Gasteiger partial charge in [0, 0.05) is 5.75 Å². The molecule has 4 nitrogen and oxygen atoms in total. The minimum atomic E-state index is -4.63. The second kappa shape index (κ2) is 4.90. The third-order valence-electron chi connectivity index (χ3n) is 2.08. The van der Waals surface area contributed by atoms with Gasteiger partial charge in [-0.2, -0.15) is 13.2 Å². The summed E-state index contributed by atoms with van der Waals surface area (Å²) in [5.41, 5.74) is 5.65. The number of hydrogen-bond acceptors (Lipinski definition) is 6. The molecule has 2 heterocycles. The van der Waals surface area contributed by atoms with Crippen LogP contribution in [0, 0.1) is 0 Å². The van der Waals surface area contributed by atoms with Crippen molar-refractivity contribution in [3.63, 3.8) is 0 Å². The van der Waals surface area contributed by atoms with Crippen LogP contribution >= 0.6 is 23.1 Å². The van der Waals surface area contributed by atoms with Crippen molar-refractivity contribution in [2.45, 2.75) is 17.4 Å². The summed E-state index contributed by atoms with van der Waals surface area (Å²) in [7, 11) is 0. The molecule has 0 aromatic carbocycles. The van der Waals surface area contributed by atoms with E-state index in [9.17, 15) is 13.2 Å². The number of halogens is 3. The van der Waals surface area contributed by atoms with Crippen LogP contribution in [0.2, 0.25) is 0 Å². The largest absolute Gasteiger partial charge is 0.415 e. The summed E-state index contributed by atoms with van der Waals surface area (Å²) < 4.78 is 36.3. The topological polar surface area (TPSA) is 72.0 Å². The van der Waals surface area contributed by atoms with E-state index >= 15 is 0 Å². The van der Waals surface area contributed by atoms with Crippen LogP contribution in [0.5, 0.6) is 0 Å². The molecule has 0 bridgehead atoms. The number of nitrogen functional groups attached to an aromatic ring is 1. The normalized spacial score (nSPS) is 14.0. The van der Waals surface area contributed by atoms with Crippen molar-refractivity contribution < 1.29 is 18.3 Å². The van der Waals surface area contributed by atoms with E-state index in [1.807, 2.05) is 0 Å². The molecule has 0 aliphatic heterocycles. The summed E-state index contributed by atoms with van der Waals surface area (Å²) in [6, 6.07) is 1.74. The Bertz CT molecular complexity index is 557. The highest BCUT2D eigenvalue weighted by Gasteiger charge is 2.38. The Kier molecular flexibility index (Phi) is 3.64. The van der Waals surface area contributed by atoms with Gasteiger partial charge in [-0.25, -0.2) is 9.97 Å². The van der Waals surface area contributed by atoms with Gasteiger partial charge in [0.1, 0.15) is 10.6 Å². The summed E-state index contributed by atoms with van der Waals surface area (Å²) in [5, 5.41) is 11.4. The van der Waals surface area contributed by atoms with Gasteiger partial charge in [-0.05, 0) is 11.4 Å². The van der Waals surface area contributed by atoms with E-state index in [4.69, 9.17) is 10.8 Å². The minimum Gasteiger partial charge on any atom is -0.383 e. The molecule has 3 N–H and O–H groups in total. The van der Waals surface area contributed by atoms with Crippen LogP contribution in [0.15, 0.2) is 16.6 Å². The molecule has 0 radical (unpaired) electrons. The van der Waals surface area contributed by atoms with E-state index in [2.05, 4.69) is 9.97 Å². The Morgan fingerprint density at radius 2 is 2.17 bits per heavy atom. The Labute approximate surface area is 108 Å². The number of hydrogen-bond donors (Lipinski definition) is 2. The number of rotatable bonds is 3. The fraction of sp³-hybridized carbons (Fsp3) is 0.333. The third kappa shape index (κ3) is 2.85. The van der Waals surface area contributed by atoms with Crippen molar-refractivity contribution in [2.24, 2.45) is 0 Å². The molecule has 0 aliphatic carbocycles. The zero-order valence-electron chi connectivity index (χ0n) is 8.81. The van der Waals surface area contributed by atoms with E-state index in [0.29, 0.717) is 10.2 Å². The van der Waals surface area contributed by atoms with Crippen LogP contribution in [0.1, 0.15) is 0 Å². The molecule has 2 aromatic heterocycles. The first kappa shape index (κ1) is 13.4. The number of aromatic nitrogens is 2. The lowest BCUT2D eigenvalue weighted by Crippen LogP contribution is -2.30. The maximum atomic E-state index is 12.1. The Morgan fingerprint density at radius 1 is 1.44 bits per heavy atom. The molecule has 98 valence electrons. The van der Waals surface area contributed by atoms with Crippen molar-refractivity contribution in [3.8, 4) is 0 Å². The van der Waals surface area contributed by atoms with Crippen LogP contribution in [0.25, 0.3) is 10.2 Å². The summed E-state index contributed by atoms with van der Waals surface area (Å²) in [5.74, 6) is -0.329. The summed E-state index contributed by atoms with van der Waals surface area (Å²) in [6.45, 7) is 0. The maximum absolute atomic E-state index is 12.1. The highest BCUT2D eigenvalue weighted by molar-refractivity contribution is 7.99. The van der Waals surface area contributed by atoms with Gasteiger partial charge in [-0.15, -0.1) is 11.3 Å². The predicted molar refractivity (Wildman–Crippen MR) is 64.6 cm³/mol. The molecular formula is C9H8F3N3OS2. The monoisotopic (exact) mass is 295 g/mol. The quantitative estimate of drug-likeness (QED) is 0.671. The Balaban J connectivity index is 2.13. The smallest absolute Gasteiger partial charge is 0.383 e. The molecule has 0 amide bonds. The molecule has 1 atom stereocenters. The number of thioether (sulfide) groups is 1. The van der Waals surface area contributed by atoms with Crippen LogP contribution in [-0.4, -0.2) is 33.1 Å². The van der Waals surface area contributed by atoms with Crippen molar-refractivity contribution in [2.75, 3.05) is 11.5 Å². The van der Waals surface area contributed by atoms with E-state index in [1.165, 1.54) is 11.3 Å². The van der Waals surface area contributed by atoms with Crippen molar-refractivity contribution in [3.05, 3.63) is 11.4 Å². The highest BCUT2D eigenvalue weighted by atomic mass is 32.2. The lowest BCUT2D eigenvalue weighted by Gasteiger charge is -2.13.